The van der Waals surface area contributed by atoms with Crippen LogP contribution < -0.4 is 5.32 Å². The minimum absolute atomic E-state index is 0.366. The quantitative estimate of drug-likeness (QED) is 0.712. The Morgan fingerprint density at radius 2 is 2.06 bits per heavy atom. The van der Waals surface area contributed by atoms with E-state index in [1.54, 1.807) is 6.07 Å². The lowest BCUT2D eigenvalue weighted by Gasteiger charge is -2.25. The standard InChI is InChI=1S/C13H21NO3S/c1-4-13(17,5-2)8-14-7-10-6-11(12(15)16)18-9(10)3/h6,14,17H,4-5,7-8H2,1-3H3,(H,15,16). The molecule has 0 aliphatic rings. The summed E-state index contributed by atoms with van der Waals surface area (Å²) >= 11 is 1.29. The molecule has 1 rings (SSSR count). The number of rotatable bonds is 7. The fourth-order valence-corrected chi connectivity index (χ4v) is 2.61. The minimum atomic E-state index is -0.882. The lowest BCUT2D eigenvalue weighted by atomic mass is 9.97. The van der Waals surface area contributed by atoms with E-state index in [0.717, 1.165) is 10.4 Å². The molecule has 0 bridgehead atoms. The molecule has 0 saturated carbocycles. The van der Waals surface area contributed by atoms with Crippen molar-refractivity contribution in [2.75, 3.05) is 6.54 Å². The molecule has 4 nitrogen and oxygen atoms in total. The Morgan fingerprint density at radius 1 is 1.44 bits per heavy atom. The average molecular weight is 271 g/mol. The third-order valence-corrected chi connectivity index (χ3v) is 4.40. The topological polar surface area (TPSA) is 69.6 Å². The summed E-state index contributed by atoms with van der Waals surface area (Å²) in [5.41, 5.74) is 0.325. The Bertz CT molecular complexity index is 410. The first-order valence-electron chi connectivity index (χ1n) is 6.17. The number of nitrogens with one attached hydrogen (secondary N) is 1. The second-order valence-corrected chi connectivity index (χ2v) is 5.79. The first kappa shape index (κ1) is 15.1. The van der Waals surface area contributed by atoms with Crippen LogP contribution in [0.4, 0.5) is 0 Å². The Hall–Kier alpha value is -0.910. The van der Waals surface area contributed by atoms with Crippen LogP contribution in [0.2, 0.25) is 0 Å². The third-order valence-electron chi connectivity index (χ3n) is 3.32. The first-order chi connectivity index (χ1) is 8.41. The summed E-state index contributed by atoms with van der Waals surface area (Å²) in [6.07, 6.45) is 1.42. The van der Waals surface area contributed by atoms with Gasteiger partial charge < -0.3 is 15.5 Å². The van der Waals surface area contributed by atoms with Crippen molar-refractivity contribution in [2.24, 2.45) is 0 Å². The van der Waals surface area contributed by atoms with E-state index < -0.39 is 11.6 Å². The number of carbonyl (C=O) groups is 1. The molecule has 1 aromatic rings. The predicted octanol–water partition coefficient (Wildman–Crippen LogP) is 2.40. The predicted molar refractivity (Wildman–Crippen MR) is 73.3 cm³/mol. The highest BCUT2D eigenvalue weighted by Gasteiger charge is 2.21. The Morgan fingerprint density at radius 3 is 2.50 bits per heavy atom. The summed E-state index contributed by atoms with van der Waals surface area (Å²) in [4.78, 5) is 12.2. The fraction of sp³-hybridized carbons (Fsp3) is 0.615. The van der Waals surface area contributed by atoms with E-state index in [0.29, 0.717) is 30.8 Å². The molecule has 0 saturated heterocycles. The smallest absolute Gasteiger partial charge is 0.345 e. The largest absolute Gasteiger partial charge is 0.477 e. The molecule has 5 heteroatoms. The van der Waals surface area contributed by atoms with Crippen molar-refractivity contribution in [3.05, 3.63) is 21.4 Å². The van der Waals surface area contributed by atoms with E-state index in [-0.39, 0.29) is 0 Å². The van der Waals surface area contributed by atoms with Crippen molar-refractivity contribution < 1.29 is 15.0 Å². The molecule has 0 atom stereocenters. The van der Waals surface area contributed by atoms with Gasteiger partial charge in [-0.1, -0.05) is 13.8 Å². The van der Waals surface area contributed by atoms with Crippen molar-refractivity contribution in [1.82, 2.24) is 5.32 Å². The van der Waals surface area contributed by atoms with Crippen molar-refractivity contribution in [2.45, 2.75) is 45.8 Å². The molecule has 0 spiro atoms. The van der Waals surface area contributed by atoms with E-state index in [9.17, 15) is 9.90 Å². The van der Waals surface area contributed by atoms with Gasteiger partial charge in [-0.25, -0.2) is 4.79 Å². The van der Waals surface area contributed by atoms with Gasteiger partial charge in [0.15, 0.2) is 0 Å². The van der Waals surface area contributed by atoms with Gasteiger partial charge in [-0.3, -0.25) is 0 Å². The Kier molecular flexibility index (Phi) is 5.31. The summed E-state index contributed by atoms with van der Waals surface area (Å²) in [5.74, 6) is -0.882. The molecule has 102 valence electrons. The van der Waals surface area contributed by atoms with Crippen molar-refractivity contribution in [3.8, 4) is 0 Å². The molecule has 0 aliphatic heterocycles. The summed E-state index contributed by atoms with van der Waals surface area (Å²) in [7, 11) is 0. The molecule has 1 heterocycles. The summed E-state index contributed by atoms with van der Waals surface area (Å²) < 4.78 is 0. The molecule has 0 unspecified atom stereocenters. The van der Waals surface area contributed by atoms with Gasteiger partial charge >= 0.3 is 5.97 Å². The number of hydrogen-bond acceptors (Lipinski definition) is 4. The van der Waals surface area contributed by atoms with Crippen LogP contribution in [0.1, 0.15) is 46.8 Å². The highest BCUT2D eigenvalue weighted by Crippen LogP contribution is 2.21. The normalized spacial score (nSPS) is 11.8. The third kappa shape index (κ3) is 3.80. The van der Waals surface area contributed by atoms with Gasteiger partial charge in [-0.2, -0.15) is 0 Å². The maximum absolute atomic E-state index is 10.8. The SMILES string of the molecule is CCC(O)(CC)CNCc1cc(C(=O)O)sc1C. The van der Waals surface area contributed by atoms with E-state index >= 15 is 0 Å². The van der Waals surface area contributed by atoms with Gasteiger partial charge in [0.1, 0.15) is 4.88 Å². The maximum atomic E-state index is 10.8. The van der Waals surface area contributed by atoms with Crippen LogP contribution in [-0.4, -0.2) is 28.3 Å². The summed E-state index contributed by atoms with van der Waals surface area (Å²) in [5, 5.41) is 22.2. The van der Waals surface area contributed by atoms with Crippen LogP contribution in [0, 0.1) is 6.92 Å². The zero-order valence-corrected chi connectivity index (χ0v) is 11.9. The molecule has 3 N–H and O–H groups in total. The second-order valence-electron chi connectivity index (χ2n) is 4.53. The number of aliphatic hydroxyl groups is 1. The molecule has 18 heavy (non-hydrogen) atoms. The molecule has 0 aliphatic carbocycles. The maximum Gasteiger partial charge on any atom is 0.345 e. The van der Waals surface area contributed by atoms with Crippen molar-refractivity contribution in [3.63, 3.8) is 0 Å². The minimum Gasteiger partial charge on any atom is -0.477 e. The fourth-order valence-electron chi connectivity index (χ4n) is 1.73. The summed E-state index contributed by atoms with van der Waals surface area (Å²) in [6.45, 7) is 6.96. The monoisotopic (exact) mass is 271 g/mol. The number of aromatic carboxylic acids is 1. The number of thiophene rings is 1. The average Bonchev–Trinajstić information content (AvgIpc) is 2.71. The van der Waals surface area contributed by atoms with Crippen molar-refractivity contribution >= 4 is 17.3 Å². The van der Waals surface area contributed by atoms with Gasteiger partial charge in [0.25, 0.3) is 0 Å². The Labute approximate surface area is 112 Å². The van der Waals surface area contributed by atoms with Crippen LogP contribution in [0.25, 0.3) is 0 Å². The van der Waals surface area contributed by atoms with Crippen LogP contribution in [0.5, 0.6) is 0 Å². The zero-order chi connectivity index (χ0) is 13.8. The van der Waals surface area contributed by atoms with Crippen LogP contribution in [0.15, 0.2) is 6.07 Å². The van der Waals surface area contributed by atoms with Gasteiger partial charge in [-0.05, 0) is 31.4 Å². The molecule has 0 radical (unpaired) electrons. The molecular formula is C13H21NO3S. The zero-order valence-electron chi connectivity index (χ0n) is 11.1. The molecule has 0 amide bonds. The lowest BCUT2D eigenvalue weighted by Crippen LogP contribution is -2.39. The molecule has 0 aromatic carbocycles. The first-order valence-corrected chi connectivity index (χ1v) is 6.99. The van der Waals surface area contributed by atoms with Crippen LogP contribution >= 0.6 is 11.3 Å². The number of hydrogen-bond donors (Lipinski definition) is 3. The second kappa shape index (κ2) is 6.31. The van der Waals surface area contributed by atoms with Gasteiger partial charge in [-0.15, -0.1) is 11.3 Å². The molecule has 1 aromatic heterocycles. The number of carboxylic acid groups (broad SMARTS) is 1. The Balaban J connectivity index is 2.56. The highest BCUT2D eigenvalue weighted by atomic mass is 32.1. The van der Waals surface area contributed by atoms with Crippen molar-refractivity contribution in [1.29, 1.82) is 0 Å². The number of carboxylic acids is 1. The van der Waals surface area contributed by atoms with Gasteiger partial charge in [0, 0.05) is 18.0 Å². The summed E-state index contributed by atoms with van der Waals surface area (Å²) in [6, 6.07) is 1.70. The van der Waals surface area contributed by atoms with Gasteiger partial charge in [0.2, 0.25) is 0 Å². The number of aryl methyl sites for hydroxylation is 1. The molecule has 0 fully saturated rings. The molecular weight excluding hydrogens is 250 g/mol. The van der Waals surface area contributed by atoms with E-state index in [1.165, 1.54) is 11.3 Å². The van der Waals surface area contributed by atoms with E-state index in [2.05, 4.69) is 5.32 Å². The van der Waals surface area contributed by atoms with Crippen LogP contribution in [-0.2, 0) is 6.54 Å². The van der Waals surface area contributed by atoms with E-state index in [4.69, 9.17) is 5.11 Å². The van der Waals surface area contributed by atoms with E-state index in [1.807, 2.05) is 20.8 Å². The van der Waals surface area contributed by atoms with Crippen LogP contribution in [0.3, 0.4) is 0 Å². The lowest BCUT2D eigenvalue weighted by molar-refractivity contribution is 0.0323. The van der Waals surface area contributed by atoms with Gasteiger partial charge in [0.05, 0.1) is 5.60 Å². The highest BCUT2D eigenvalue weighted by molar-refractivity contribution is 7.14.